The molecular formula is C6H6Br2F4O2. The summed E-state index contributed by atoms with van der Waals surface area (Å²) in [4.78, 5) is 9.34. The monoisotopic (exact) mass is 344 g/mol. The maximum Gasteiger partial charge on any atom is 0.432 e. The van der Waals surface area contributed by atoms with Gasteiger partial charge in [-0.3, -0.25) is 4.79 Å². The smallest absolute Gasteiger partial charge is 0.432 e. The molecule has 84 valence electrons. The van der Waals surface area contributed by atoms with Gasteiger partial charge in [-0.2, -0.15) is 13.2 Å². The lowest BCUT2D eigenvalue weighted by Crippen LogP contribution is -2.38. The van der Waals surface area contributed by atoms with E-state index in [1.54, 1.807) is 0 Å². The van der Waals surface area contributed by atoms with E-state index in [9.17, 15) is 22.4 Å². The summed E-state index contributed by atoms with van der Waals surface area (Å²) < 4.78 is 49.3. The first-order valence-corrected chi connectivity index (χ1v) is 4.99. The molecule has 0 saturated heterocycles. The molecular weight excluding hydrogens is 340 g/mol. The normalized spacial score (nSPS) is 18.5. The first-order valence-electron chi connectivity index (χ1n) is 3.28. The third kappa shape index (κ3) is 3.72. The van der Waals surface area contributed by atoms with Crippen molar-refractivity contribution in [1.82, 2.24) is 0 Å². The van der Waals surface area contributed by atoms with Crippen molar-refractivity contribution >= 4 is 37.8 Å². The van der Waals surface area contributed by atoms with Gasteiger partial charge in [0.05, 0.1) is 7.11 Å². The van der Waals surface area contributed by atoms with E-state index in [-0.39, 0.29) is 0 Å². The van der Waals surface area contributed by atoms with E-state index in [1.807, 2.05) is 15.9 Å². The van der Waals surface area contributed by atoms with Crippen LogP contribution in [0.2, 0.25) is 0 Å². The molecule has 2 nitrogen and oxygen atoms in total. The zero-order valence-corrected chi connectivity index (χ0v) is 10.0. The first-order chi connectivity index (χ1) is 6.12. The second kappa shape index (κ2) is 4.78. The fraction of sp³-hybridized carbons (Fsp3) is 0.833. The summed E-state index contributed by atoms with van der Waals surface area (Å²) in [6.45, 7) is 0. The number of rotatable bonds is 3. The van der Waals surface area contributed by atoms with Crippen LogP contribution >= 0.6 is 31.9 Å². The molecule has 2 atom stereocenters. The average molecular weight is 346 g/mol. The quantitative estimate of drug-likeness (QED) is 0.446. The lowest BCUT2D eigenvalue weighted by molar-refractivity contribution is -0.194. The van der Waals surface area contributed by atoms with Crippen molar-refractivity contribution in [2.45, 2.75) is 22.0 Å². The highest BCUT2D eigenvalue weighted by Gasteiger charge is 2.55. The van der Waals surface area contributed by atoms with Crippen LogP contribution in [-0.4, -0.2) is 28.7 Å². The SMILES string of the molecule is COC(=O)C(Br)CC(F)(Br)C(F)(F)F. The predicted molar refractivity (Wildman–Crippen MR) is 48.2 cm³/mol. The summed E-state index contributed by atoms with van der Waals surface area (Å²) >= 11 is 4.46. The van der Waals surface area contributed by atoms with Gasteiger partial charge in [-0.25, -0.2) is 4.39 Å². The highest BCUT2D eigenvalue weighted by atomic mass is 79.9. The molecule has 0 aliphatic heterocycles. The molecule has 0 rings (SSSR count). The Balaban J connectivity index is 4.44. The second-order valence-electron chi connectivity index (χ2n) is 2.40. The highest BCUT2D eigenvalue weighted by Crippen LogP contribution is 2.43. The Morgan fingerprint density at radius 3 is 2.14 bits per heavy atom. The maximum atomic E-state index is 12.9. The number of halogens is 6. The summed E-state index contributed by atoms with van der Waals surface area (Å²) in [5.41, 5.74) is 0. The van der Waals surface area contributed by atoms with Gasteiger partial charge < -0.3 is 4.74 Å². The molecule has 0 aliphatic rings. The van der Waals surface area contributed by atoms with Crippen molar-refractivity contribution in [2.24, 2.45) is 0 Å². The number of ether oxygens (including phenoxy) is 1. The Kier molecular flexibility index (Phi) is 4.83. The van der Waals surface area contributed by atoms with Crippen LogP contribution in [0, 0.1) is 0 Å². The van der Waals surface area contributed by atoms with Crippen LogP contribution in [0.4, 0.5) is 17.6 Å². The highest BCUT2D eigenvalue weighted by molar-refractivity contribution is 9.10. The molecule has 0 aromatic rings. The molecule has 2 unspecified atom stereocenters. The van der Waals surface area contributed by atoms with E-state index < -0.39 is 28.0 Å². The van der Waals surface area contributed by atoms with Gasteiger partial charge in [-0.15, -0.1) is 0 Å². The van der Waals surface area contributed by atoms with Crippen molar-refractivity contribution in [1.29, 1.82) is 0 Å². The fourth-order valence-electron chi connectivity index (χ4n) is 0.552. The Labute approximate surface area is 94.2 Å². The second-order valence-corrected chi connectivity index (χ2v) is 4.76. The number of hydrogen-bond acceptors (Lipinski definition) is 2. The van der Waals surface area contributed by atoms with Gasteiger partial charge in [0.2, 0.25) is 0 Å². The Hall–Kier alpha value is 0.150. The molecule has 0 N–H and O–H groups in total. The van der Waals surface area contributed by atoms with E-state index in [2.05, 4.69) is 20.7 Å². The third-order valence-electron chi connectivity index (χ3n) is 1.31. The molecule has 0 heterocycles. The minimum Gasteiger partial charge on any atom is -0.468 e. The van der Waals surface area contributed by atoms with Crippen molar-refractivity contribution in [3.05, 3.63) is 0 Å². The topological polar surface area (TPSA) is 26.3 Å². The molecule has 8 heteroatoms. The van der Waals surface area contributed by atoms with Crippen LogP contribution in [0.25, 0.3) is 0 Å². The molecule has 0 aliphatic carbocycles. The lowest BCUT2D eigenvalue weighted by Gasteiger charge is -2.22. The molecule has 0 spiro atoms. The maximum absolute atomic E-state index is 12.9. The molecule has 0 amide bonds. The van der Waals surface area contributed by atoms with E-state index in [0.29, 0.717) is 0 Å². The number of methoxy groups -OCH3 is 1. The van der Waals surface area contributed by atoms with Gasteiger partial charge in [-0.1, -0.05) is 15.9 Å². The van der Waals surface area contributed by atoms with Crippen molar-refractivity contribution in [3.8, 4) is 0 Å². The van der Waals surface area contributed by atoms with Gasteiger partial charge in [0.25, 0.3) is 4.58 Å². The fourth-order valence-corrected chi connectivity index (χ4v) is 1.94. The minimum atomic E-state index is -5.08. The predicted octanol–water partition coefficient (Wildman–Crippen LogP) is 2.94. The zero-order chi connectivity index (χ0) is 11.6. The van der Waals surface area contributed by atoms with Crippen LogP contribution in [0.1, 0.15) is 6.42 Å². The van der Waals surface area contributed by atoms with Crippen LogP contribution in [-0.2, 0) is 9.53 Å². The number of carbonyl (C=O) groups excluding carboxylic acids is 1. The van der Waals surface area contributed by atoms with Crippen molar-refractivity contribution in [2.75, 3.05) is 7.11 Å². The van der Waals surface area contributed by atoms with E-state index >= 15 is 0 Å². The van der Waals surface area contributed by atoms with E-state index in [4.69, 9.17) is 0 Å². The molecule has 0 radical (unpaired) electrons. The molecule has 0 bridgehead atoms. The number of alkyl halides is 6. The average Bonchev–Trinajstić information content (AvgIpc) is 2.00. The summed E-state index contributed by atoms with van der Waals surface area (Å²) in [6, 6.07) is 0. The van der Waals surface area contributed by atoms with Crippen LogP contribution in [0.3, 0.4) is 0 Å². The van der Waals surface area contributed by atoms with Crippen LogP contribution in [0.15, 0.2) is 0 Å². The van der Waals surface area contributed by atoms with Gasteiger partial charge >= 0.3 is 12.1 Å². The molecule has 0 saturated carbocycles. The van der Waals surface area contributed by atoms with Crippen LogP contribution in [0.5, 0.6) is 0 Å². The zero-order valence-electron chi connectivity index (χ0n) is 6.87. The molecule has 0 aromatic carbocycles. The Morgan fingerprint density at radius 2 is 1.86 bits per heavy atom. The molecule has 0 aromatic heterocycles. The first kappa shape index (κ1) is 14.2. The van der Waals surface area contributed by atoms with Gasteiger partial charge in [0, 0.05) is 6.42 Å². The summed E-state index contributed by atoms with van der Waals surface area (Å²) in [7, 11) is 0.998. The number of hydrogen-bond donors (Lipinski definition) is 0. The standard InChI is InChI=1S/C6H6Br2F4O2/c1-14-4(13)3(7)2-5(8,9)6(10,11)12/h3H,2H2,1H3. The lowest BCUT2D eigenvalue weighted by atomic mass is 10.2. The Morgan fingerprint density at radius 1 is 1.43 bits per heavy atom. The molecule has 0 fully saturated rings. The van der Waals surface area contributed by atoms with Crippen molar-refractivity contribution in [3.63, 3.8) is 0 Å². The minimum absolute atomic E-state index is 0.962. The van der Waals surface area contributed by atoms with Gasteiger partial charge in [-0.05, 0) is 15.9 Å². The summed E-state index contributed by atoms with van der Waals surface area (Å²) in [6.07, 6.45) is -6.17. The number of carbonyl (C=O) groups is 1. The summed E-state index contributed by atoms with van der Waals surface area (Å²) in [5.74, 6) is -0.962. The largest absolute Gasteiger partial charge is 0.468 e. The third-order valence-corrected chi connectivity index (χ3v) is 2.78. The van der Waals surface area contributed by atoms with E-state index in [1.165, 1.54) is 0 Å². The summed E-state index contributed by atoms with van der Waals surface area (Å²) in [5, 5.41) is 0. The van der Waals surface area contributed by atoms with E-state index in [0.717, 1.165) is 7.11 Å². The Bertz CT molecular complexity index is 216. The van der Waals surface area contributed by atoms with Gasteiger partial charge in [0.15, 0.2) is 0 Å². The van der Waals surface area contributed by atoms with Crippen LogP contribution < -0.4 is 0 Å². The van der Waals surface area contributed by atoms with Crippen molar-refractivity contribution < 1.29 is 27.1 Å². The molecule has 14 heavy (non-hydrogen) atoms. The number of esters is 1. The van der Waals surface area contributed by atoms with Gasteiger partial charge in [0.1, 0.15) is 4.83 Å².